The molecule has 2 saturated heterocycles. The fourth-order valence-electron chi connectivity index (χ4n) is 5.27. The third-order valence-corrected chi connectivity index (χ3v) is 7.72. The van der Waals surface area contributed by atoms with Crippen molar-refractivity contribution in [3.8, 4) is 11.5 Å². The van der Waals surface area contributed by atoms with Crippen molar-refractivity contribution in [1.29, 1.82) is 0 Å². The molecule has 2 aromatic rings. The lowest BCUT2D eigenvalue weighted by Crippen LogP contribution is -2.59. The summed E-state index contributed by atoms with van der Waals surface area (Å²) in [6, 6.07) is 8.69. The van der Waals surface area contributed by atoms with Gasteiger partial charge >= 0.3 is 5.97 Å². The number of ether oxygens (including phenoxy) is 1. The van der Waals surface area contributed by atoms with Gasteiger partial charge in [0, 0.05) is 11.1 Å². The van der Waals surface area contributed by atoms with Crippen molar-refractivity contribution in [3.05, 3.63) is 52.5 Å². The summed E-state index contributed by atoms with van der Waals surface area (Å²) >= 11 is 6.27. The van der Waals surface area contributed by atoms with Crippen molar-refractivity contribution in [2.24, 2.45) is 17.8 Å². The predicted molar refractivity (Wildman–Crippen MR) is 126 cm³/mol. The first-order valence-corrected chi connectivity index (χ1v) is 11.5. The lowest BCUT2D eigenvalue weighted by molar-refractivity contribution is -0.151. The van der Waals surface area contributed by atoms with Gasteiger partial charge in [0.2, 0.25) is 11.8 Å². The number of imide groups is 1. The number of halogens is 1. The maximum absolute atomic E-state index is 13.8. The molecule has 2 heterocycles. The minimum Gasteiger partial charge on any atom is -0.504 e. The molecule has 2 amide bonds. The van der Waals surface area contributed by atoms with Gasteiger partial charge in [-0.05, 0) is 48.2 Å². The topological polar surface area (TPSA) is 116 Å². The van der Waals surface area contributed by atoms with Crippen LogP contribution in [0.1, 0.15) is 37.4 Å². The van der Waals surface area contributed by atoms with Crippen LogP contribution < -0.4 is 15.0 Å². The van der Waals surface area contributed by atoms with Crippen molar-refractivity contribution in [2.45, 2.75) is 38.8 Å². The number of amides is 2. The van der Waals surface area contributed by atoms with Crippen LogP contribution in [0.25, 0.3) is 0 Å². The van der Waals surface area contributed by atoms with Crippen molar-refractivity contribution in [3.63, 3.8) is 0 Å². The molecule has 8 nitrogen and oxygen atoms in total. The highest BCUT2D eigenvalue weighted by molar-refractivity contribution is 6.32. The number of aromatic hydroxyl groups is 1. The molecule has 2 aliphatic heterocycles. The predicted octanol–water partition coefficient (Wildman–Crippen LogP) is 3.68. The molecule has 180 valence electrons. The maximum atomic E-state index is 13.8. The Kier molecular flexibility index (Phi) is 6.08. The highest BCUT2D eigenvalue weighted by Gasteiger charge is 2.70. The standard InChI is InChI=1S/C25H27ClN2O6/c1-5-13(3)25(24(32)33)20-19(21(27-25)14-7-9-17(29)18(10-14)34-4)22(30)28(23(20)31)15-8-6-12(2)16(26)11-15/h6-11,13,19-21,27,29H,5H2,1-4H3,(H,32,33). The summed E-state index contributed by atoms with van der Waals surface area (Å²) in [5.74, 6) is -4.70. The van der Waals surface area contributed by atoms with Crippen molar-refractivity contribution in [1.82, 2.24) is 5.32 Å². The first-order valence-electron chi connectivity index (χ1n) is 11.1. The molecule has 2 aromatic carbocycles. The number of benzene rings is 2. The average Bonchev–Trinajstić information content (AvgIpc) is 3.30. The third kappa shape index (κ3) is 3.35. The Morgan fingerprint density at radius 3 is 2.53 bits per heavy atom. The Labute approximate surface area is 202 Å². The summed E-state index contributed by atoms with van der Waals surface area (Å²) in [4.78, 5) is 41.4. The van der Waals surface area contributed by atoms with E-state index in [9.17, 15) is 24.6 Å². The quantitative estimate of drug-likeness (QED) is 0.533. The lowest BCUT2D eigenvalue weighted by atomic mass is 9.72. The van der Waals surface area contributed by atoms with E-state index in [0.29, 0.717) is 22.7 Å². The molecule has 34 heavy (non-hydrogen) atoms. The fourth-order valence-corrected chi connectivity index (χ4v) is 5.45. The molecule has 0 aliphatic carbocycles. The number of rotatable bonds is 6. The van der Waals surface area contributed by atoms with Crippen molar-refractivity contribution in [2.75, 3.05) is 12.0 Å². The number of hydrogen-bond acceptors (Lipinski definition) is 6. The summed E-state index contributed by atoms with van der Waals surface area (Å²) in [6.45, 7) is 5.42. The number of carbonyl (C=O) groups excluding carboxylic acids is 2. The van der Waals surface area contributed by atoms with Crippen molar-refractivity contribution < 1.29 is 29.3 Å². The molecule has 3 N–H and O–H groups in total. The second kappa shape index (κ2) is 8.60. The molecule has 2 aliphatic rings. The highest BCUT2D eigenvalue weighted by atomic mass is 35.5. The Bertz CT molecular complexity index is 1180. The van der Waals surface area contributed by atoms with E-state index in [4.69, 9.17) is 16.3 Å². The fraction of sp³-hybridized carbons (Fsp3) is 0.400. The average molecular weight is 487 g/mol. The number of carboxylic acid groups (broad SMARTS) is 1. The molecule has 4 rings (SSSR count). The van der Waals surface area contributed by atoms with Gasteiger partial charge in [-0.25, -0.2) is 4.90 Å². The number of fused-ring (bicyclic) bond motifs is 1. The minimum absolute atomic E-state index is 0.0861. The van der Waals surface area contributed by atoms with E-state index in [1.165, 1.54) is 13.2 Å². The molecule has 2 fully saturated rings. The number of nitrogens with zero attached hydrogens (tertiary/aromatic N) is 1. The summed E-state index contributed by atoms with van der Waals surface area (Å²) in [5, 5.41) is 24.0. The number of aryl methyl sites for hydroxylation is 1. The maximum Gasteiger partial charge on any atom is 0.325 e. The second-order valence-corrected chi connectivity index (χ2v) is 9.39. The summed E-state index contributed by atoms with van der Waals surface area (Å²) in [7, 11) is 1.40. The number of phenolic OH excluding ortho intramolecular Hbond substituents is 1. The Hall–Kier alpha value is -3.10. The SMILES string of the molecule is CCC(C)C1(C(=O)O)NC(c2ccc(O)c(OC)c2)C2C(=O)N(c3ccc(C)c(Cl)c3)C(=O)C21. The van der Waals surface area contributed by atoms with Crippen LogP contribution in [0, 0.1) is 24.7 Å². The smallest absolute Gasteiger partial charge is 0.325 e. The Morgan fingerprint density at radius 2 is 1.94 bits per heavy atom. The molecular weight excluding hydrogens is 460 g/mol. The number of aliphatic carboxylic acids is 1. The molecule has 0 radical (unpaired) electrons. The molecule has 0 aromatic heterocycles. The van der Waals surface area contributed by atoms with E-state index in [1.54, 1.807) is 37.3 Å². The van der Waals surface area contributed by atoms with Crippen molar-refractivity contribution >= 4 is 35.1 Å². The molecule has 0 spiro atoms. The second-order valence-electron chi connectivity index (χ2n) is 8.99. The monoisotopic (exact) mass is 486 g/mol. The van der Waals surface area contributed by atoms with E-state index in [1.807, 2.05) is 13.8 Å². The van der Waals surface area contributed by atoms with Gasteiger partial charge in [-0.15, -0.1) is 0 Å². The first-order chi connectivity index (χ1) is 16.1. The van der Waals surface area contributed by atoms with Gasteiger partial charge in [-0.1, -0.05) is 44.0 Å². The number of nitrogens with one attached hydrogen (secondary N) is 1. The van der Waals surface area contributed by atoms with Gasteiger partial charge in [-0.3, -0.25) is 19.7 Å². The number of carboxylic acids is 1. The van der Waals surface area contributed by atoms with Crippen LogP contribution in [0.5, 0.6) is 11.5 Å². The number of carbonyl (C=O) groups is 3. The molecule has 9 heteroatoms. The zero-order valence-corrected chi connectivity index (χ0v) is 20.1. The summed E-state index contributed by atoms with van der Waals surface area (Å²) in [6.07, 6.45) is 0.478. The van der Waals surface area contributed by atoms with Crippen LogP contribution in [0.4, 0.5) is 5.69 Å². The van der Waals surface area contributed by atoms with Gasteiger partial charge < -0.3 is 14.9 Å². The molecule has 0 bridgehead atoms. The normalized spacial score (nSPS) is 27.1. The molecule has 5 atom stereocenters. The highest BCUT2D eigenvalue weighted by Crippen LogP contribution is 2.53. The van der Waals surface area contributed by atoms with Gasteiger partial charge in [0.25, 0.3) is 0 Å². The number of anilines is 1. The first kappa shape index (κ1) is 24.0. The molecule has 5 unspecified atom stereocenters. The van der Waals surface area contributed by atoms with Gasteiger partial charge in [0.1, 0.15) is 5.54 Å². The van der Waals surface area contributed by atoms with Crippen LogP contribution in [0.3, 0.4) is 0 Å². The van der Waals surface area contributed by atoms with Crippen LogP contribution >= 0.6 is 11.6 Å². The third-order valence-electron chi connectivity index (χ3n) is 7.32. The molecule has 0 saturated carbocycles. The number of hydrogen-bond donors (Lipinski definition) is 3. The van der Waals surface area contributed by atoms with Gasteiger partial charge in [0.05, 0.1) is 24.6 Å². The summed E-state index contributed by atoms with van der Waals surface area (Å²) < 4.78 is 5.22. The zero-order valence-electron chi connectivity index (χ0n) is 19.3. The van der Waals surface area contributed by atoms with Gasteiger partial charge in [-0.2, -0.15) is 0 Å². The number of phenols is 1. The van der Waals surface area contributed by atoms with Crippen LogP contribution in [0.15, 0.2) is 36.4 Å². The van der Waals surface area contributed by atoms with E-state index >= 15 is 0 Å². The summed E-state index contributed by atoms with van der Waals surface area (Å²) in [5.41, 5.74) is -0.0167. The minimum atomic E-state index is -1.66. The van der Waals surface area contributed by atoms with Crippen LogP contribution in [-0.4, -0.2) is 40.6 Å². The Balaban J connectivity index is 1.90. The van der Waals surface area contributed by atoms with Crippen LogP contribution in [-0.2, 0) is 14.4 Å². The Morgan fingerprint density at radius 1 is 1.24 bits per heavy atom. The van der Waals surface area contributed by atoms with E-state index in [0.717, 1.165) is 10.5 Å². The largest absolute Gasteiger partial charge is 0.504 e. The van der Waals surface area contributed by atoms with Gasteiger partial charge in [0.15, 0.2) is 11.5 Å². The zero-order chi connectivity index (χ0) is 24.9. The lowest BCUT2D eigenvalue weighted by Gasteiger charge is -2.36. The van der Waals surface area contributed by atoms with E-state index in [-0.39, 0.29) is 11.5 Å². The van der Waals surface area contributed by atoms with E-state index < -0.39 is 47.1 Å². The molecular formula is C25H27ClN2O6. The van der Waals surface area contributed by atoms with Crippen LogP contribution in [0.2, 0.25) is 5.02 Å². The van der Waals surface area contributed by atoms with E-state index in [2.05, 4.69) is 5.32 Å². The number of methoxy groups -OCH3 is 1.